The lowest BCUT2D eigenvalue weighted by Crippen LogP contribution is -2.26. The third-order valence-corrected chi connectivity index (χ3v) is 5.24. The Hall–Kier alpha value is -3.93. The zero-order valence-corrected chi connectivity index (χ0v) is 18.3. The highest BCUT2D eigenvalue weighted by Crippen LogP contribution is 2.29. The van der Waals surface area contributed by atoms with E-state index in [0.29, 0.717) is 17.3 Å². The summed E-state index contributed by atoms with van der Waals surface area (Å²) >= 11 is 0. The van der Waals surface area contributed by atoms with Crippen molar-refractivity contribution in [2.24, 2.45) is 0 Å². The van der Waals surface area contributed by atoms with Gasteiger partial charge in [0.15, 0.2) is 5.76 Å². The number of amides is 1. The molecule has 1 unspecified atom stereocenters. The number of rotatable bonds is 8. The van der Waals surface area contributed by atoms with Crippen LogP contribution in [-0.2, 0) is 6.61 Å². The van der Waals surface area contributed by atoms with Gasteiger partial charge in [0.05, 0.1) is 20.3 Å². The Balaban J connectivity index is 1.40. The molecule has 1 atom stereocenters. The number of fused-ring (bicyclic) bond motifs is 1. The van der Waals surface area contributed by atoms with E-state index in [2.05, 4.69) is 11.4 Å². The number of hydrogen-bond acceptors (Lipinski definition) is 5. The average molecular weight is 431 g/mol. The summed E-state index contributed by atoms with van der Waals surface area (Å²) < 4.78 is 22.2. The number of nitrogens with one attached hydrogen (secondary N) is 1. The first kappa shape index (κ1) is 21.3. The van der Waals surface area contributed by atoms with Crippen molar-refractivity contribution in [3.8, 4) is 17.2 Å². The third-order valence-electron chi connectivity index (χ3n) is 5.24. The number of methoxy groups -OCH3 is 2. The molecule has 4 rings (SSSR count). The van der Waals surface area contributed by atoms with Crippen LogP contribution in [0.15, 0.2) is 77.2 Å². The van der Waals surface area contributed by atoms with Gasteiger partial charge >= 0.3 is 0 Å². The van der Waals surface area contributed by atoms with Crippen LogP contribution >= 0.6 is 0 Å². The van der Waals surface area contributed by atoms with Gasteiger partial charge in [-0.1, -0.05) is 30.3 Å². The second kappa shape index (κ2) is 9.47. The number of carbonyl (C=O) groups excluding carboxylic acids is 1. The average Bonchev–Trinajstić information content (AvgIpc) is 3.31. The van der Waals surface area contributed by atoms with Gasteiger partial charge in [0.25, 0.3) is 5.91 Å². The van der Waals surface area contributed by atoms with E-state index in [9.17, 15) is 4.79 Å². The van der Waals surface area contributed by atoms with E-state index in [1.807, 2.05) is 61.5 Å². The zero-order valence-electron chi connectivity index (χ0n) is 18.3. The fourth-order valence-electron chi connectivity index (χ4n) is 3.51. The number of ether oxygens (including phenoxy) is 3. The van der Waals surface area contributed by atoms with Gasteiger partial charge in [-0.15, -0.1) is 0 Å². The molecule has 0 fully saturated rings. The Kier molecular flexibility index (Phi) is 6.31. The molecule has 1 N–H and O–H groups in total. The number of hydrogen-bond donors (Lipinski definition) is 1. The molecule has 1 aromatic heterocycles. The standard InChI is InChI=1S/C26H25NO5/c1-17(23-15-20(29-2)10-12-24(23)30-3)27-26(28)25-13-11-22(32-25)16-31-21-9-8-18-6-4-5-7-19(18)14-21/h4-15,17H,16H2,1-3H3,(H,27,28). The molecule has 0 saturated heterocycles. The topological polar surface area (TPSA) is 69.9 Å². The van der Waals surface area contributed by atoms with Gasteiger partial charge < -0.3 is 23.9 Å². The molecule has 0 bridgehead atoms. The van der Waals surface area contributed by atoms with Crippen molar-refractivity contribution in [3.63, 3.8) is 0 Å². The second-order valence-corrected chi connectivity index (χ2v) is 7.37. The summed E-state index contributed by atoms with van der Waals surface area (Å²) in [5, 5.41) is 5.19. The van der Waals surface area contributed by atoms with Crippen molar-refractivity contribution >= 4 is 16.7 Å². The minimum Gasteiger partial charge on any atom is -0.497 e. The lowest BCUT2D eigenvalue weighted by molar-refractivity contribution is 0.0907. The maximum absolute atomic E-state index is 12.7. The molecular weight excluding hydrogens is 406 g/mol. The van der Waals surface area contributed by atoms with Crippen LogP contribution in [0.1, 0.15) is 34.8 Å². The Labute approximate surface area is 186 Å². The van der Waals surface area contributed by atoms with E-state index >= 15 is 0 Å². The summed E-state index contributed by atoms with van der Waals surface area (Å²) in [5.41, 5.74) is 0.812. The van der Waals surface area contributed by atoms with E-state index < -0.39 is 0 Å². The van der Waals surface area contributed by atoms with Crippen LogP contribution in [0.25, 0.3) is 10.8 Å². The van der Waals surface area contributed by atoms with Crippen LogP contribution in [0.4, 0.5) is 0 Å². The molecule has 1 heterocycles. The van der Waals surface area contributed by atoms with Crippen molar-refractivity contribution in [3.05, 3.63) is 89.9 Å². The Bertz CT molecular complexity index is 1230. The first-order valence-corrected chi connectivity index (χ1v) is 10.3. The summed E-state index contributed by atoms with van der Waals surface area (Å²) in [6.45, 7) is 2.10. The van der Waals surface area contributed by atoms with Crippen LogP contribution in [-0.4, -0.2) is 20.1 Å². The molecule has 0 spiro atoms. The van der Waals surface area contributed by atoms with Crippen LogP contribution in [0, 0.1) is 0 Å². The molecule has 0 aliphatic carbocycles. The highest BCUT2D eigenvalue weighted by Gasteiger charge is 2.18. The van der Waals surface area contributed by atoms with Crippen LogP contribution < -0.4 is 19.5 Å². The van der Waals surface area contributed by atoms with Crippen LogP contribution in [0.2, 0.25) is 0 Å². The largest absolute Gasteiger partial charge is 0.497 e. The molecule has 0 aliphatic rings. The van der Waals surface area contributed by atoms with Gasteiger partial charge in [-0.05, 0) is 60.2 Å². The lowest BCUT2D eigenvalue weighted by Gasteiger charge is -2.17. The Morgan fingerprint density at radius 1 is 0.906 bits per heavy atom. The molecule has 3 aromatic carbocycles. The van der Waals surface area contributed by atoms with Crippen LogP contribution in [0.5, 0.6) is 17.2 Å². The monoisotopic (exact) mass is 431 g/mol. The van der Waals surface area contributed by atoms with Crippen molar-refractivity contribution in [2.45, 2.75) is 19.6 Å². The van der Waals surface area contributed by atoms with E-state index in [1.54, 1.807) is 26.4 Å². The molecule has 4 aromatic rings. The van der Waals surface area contributed by atoms with Crippen molar-refractivity contribution in [1.29, 1.82) is 0 Å². The Morgan fingerprint density at radius 3 is 2.47 bits per heavy atom. The van der Waals surface area contributed by atoms with Crippen molar-refractivity contribution < 1.29 is 23.4 Å². The number of furan rings is 1. The summed E-state index contributed by atoms with van der Waals surface area (Å²) in [6.07, 6.45) is 0. The minimum absolute atomic E-state index is 0.218. The van der Waals surface area contributed by atoms with E-state index in [0.717, 1.165) is 22.1 Å². The highest BCUT2D eigenvalue weighted by atomic mass is 16.5. The molecule has 32 heavy (non-hydrogen) atoms. The summed E-state index contributed by atoms with van der Waals surface area (Å²) in [5.74, 6) is 2.56. The predicted molar refractivity (Wildman–Crippen MR) is 122 cm³/mol. The smallest absolute Gasteiger partial charge is 0.287 e. The summed E-state index contributed by atoms with van der Waals surface area (Å²) in [6, 6.07) is 22.5. The Morgan fingerprint density at radius 2 is 1.69 bits per heavy atom. The normalized spacial score (nSPS) is 11.7. The minimum atomic E-state index is -0.320. The van der Waals surface area contributed by atoms with Gasteiger partial charge in [-0.2, -0.15) is 0 Å². The zero-order chi connectivity index (χ0) is 22.5. The van der Waals surface area contributed by atoms with E-state index in [-0.39, 0.29) is 24.3 Å². The quantitative estimate of drug-likeness (QED) is 0.398. The molecule has 164 valence electrons. The van der Waals surface area contributed by atoms with Gasteiger partial charge in [0, 0.05) is 5.56 Å². The highest BCUT2D eigenvalue weighted by molar-refractivity contribution is 5.91. The first-order valence-electron chi connectivity index (χ1n) is 10.3. The second-order valence-electron chi connectivity index (χ2n) is 7.37. The predicted octanol–water partition coefficient (Wildman–Crippen LogP) is 5.52. The maximum atomic E-state index is 12.7. The van der Waals surface area contributed by atoms with Gasteiger partial charge in [-0.25, -0.2) is 0 Å². The fourth-order valence-corrected chi connectivity index (χ4v) is 3.51. The fraction of sp³-hybridized carbons (Fsp3) is 0.192. The van der Waals surface area contributed by atoms with E-state index in [1.165, 1.54) is 0 Å². The summed E-state index contributed by atoms with van der Waals surface area (Å²) in [4.78, 5) is 12.7. The van der Waals surface area contributed by atoms with Gasteiger partial charge in [-0.3, -0.25) is 4.79 Å². The lowest BCUT2D eigenvalue weighted by atomic mass is 10.1. The molecule has 0 aliphatic heterocycles. The first-order chi connectivity index (χ1) is 15.6. The van der Waals surface area contributed by atoms with Crippen LogP contribution in [0.3, 0.4) is 0 Å². The molecule has 0 radical (unpaired) electrons. The third kappa shape index (κ3) is 4.70. The SMILES string of the molecule is COc1ccc(OC)c(C(C)NC(=O)c2ccc(COc3ccc4ccccc4c3)o2)c1. The van der Waals surface area contributed by atoms with Gasteiger partial charge in [0.2, 0.25) is 0 Å². The number of benzene rings is 3. The molecule has 1 amide bonds. The summed E-state index contributed by atoms with van der Waals surface area (Å²) in [7, 11) is 3.19. The van der Waals surface area contributed by atoms with Crippen molar-refractivity contribution in [2.75, 3.05) is 14.2 Å². The van der Waals surface area contributed by atoms with Crippen molar-refractivity contribution in [1.82, 2.24) is 5.32 Å². The molecule has 6 heteroatoms. The number of carbonyl (C=O) groups is 1. The van der Waals surface area contributed by atoms with E-state index in [4.69, 9.17) is 18.6 Å². The molecular formula is C26H25NO5. The molecule has 0 saturated carbocycles. The molecule has 6 nitrogen and oxygen atoms in total. The van der Waals surface area contributed by atoms with Gasteiger partial charge in [0.1, 0.15) is 29.6 Å². The maximum Gasteiger partial charge on any atom is 0.287 e.